The van der Waals surface area contributed by atoms with Crippen LogP contribution in [0.5, 0.6) is 5.75 Å². The molecule has 0 aliphatic heterocycles. The molecular weight excluding hydrogens is 428 g/mol. The van der Waals surface area contributed by atoms with E-state index in [2.05, 4.69) is 41.6 Å². The summed E-state index contributed by atoms with van der Waals surface area (Å²) in [4.78, 5) is 21.8. The van der Waals surface area contributed by atoms with Gasteiger partial charge in [-0.2, -0.15) is 0 Å². The summed E-state index contributed by atoms with van der Waals surface area (Å²) in [7, 11) is 3.75. The van der Waals surface area contributed by atoms with Crippen molar-refractivity contribution in [2.45, 2.75) is 13.8 Å². The molecular formula is C23H25FN5O2P. The first-order chi connectivity index (χ1) is 15.4. The number of ether oxygens (including phenoxy) is 1. The van der Waals surface area contributed by atoms with Gasteiger partial charge in [-0.15, -0.1) is 0 Å². The number of imidazole rings is 1. The van der Waals surface area contributed by atoms with E-state index in [0.717, 1.165) is 11.3 Å². The zero-order chi connectivity index (χ0) is 23.0. The Labute approximate surface area is 186 Å². The summed E-state index contributed by atoms with van der Waals surface area (Å²) in [6, 6.07) is 6.58. The van der Waals surface area contributed by atoms with Crippen molar-refractivity contribution in [1.82, 2.24) is 24.2 Å². The normalized spacial score (nSPS) is 12.5. The molecule has 3 aromatic heterocycles. The first-order valence-electron chi connectivity index (χ1n) is 10.2. The van der Waals surface area contributed by atoms with Crippen molar-refractivity contribution < 1.29 is 9.13 Å². The molecule has 1 atom stereocenters. The van der Waals surface area contributed by atoms with E-state index >= 15 is 0 Å². The third kappa shape index (κ3) is 3.65. The molecule has 0 spiro atoms. The van der Waals surface area contributed by atoms with E-state index in [0.29, 0.717) is 42.3 Å². The van der Waals surface area contributed by atoms with Gasteiger partial charge in [0.05, 0.1) is 29.9 Å². The number of methoxy groups -OCH3 is 1. The molecule has 0 saturated carbocycles. The zero-order valence-electron chi connectivity index (χ0n) is 18.6. The van der Waals surface area contributed by atoms with E-state index in [1.165, 1.54) is 27.5 Å². The van der Waals surface area contributed by atoms with Crippen LogP contribution >= 0.6 is 8.73 Å². The maximum absolute atomic E-state index is 14.7. The molecule has 9 heteroatoms. The summed E-state index contributed by atoms with van der Waals surface area (Å²) in [5.41, 5.74) is 3.16. The Morgan fingerprint density at radius 1 is 1.31 bits per heavy atom. The Bertz CT molecular complexity index is 1410. The highest BCUT2D eigenvalue weighted by Crippen LogP contribution is 2.34. The largest absolute Gasteiger partial charge is 0.496 e. The molecule has 0 bridgehead atoms. The summed E-state index contributed by atoms with van der Waals surface area (Å²) in [6.45, 7) is 6.26. The molecule has 4 aromatic rings. The van der Waals surface area contributed by atoms with Crippen molar-refractivity contribution in [3.63, 3.8) is 0 Å². The number of hydrogen-bond acceptors (Lipinski definition) is 5. The molecule has 0 amide bonds. The molecule has 0 radical (unpaired) electrons. The molecule has 32 heavy (non-hydrogen) atoms. The minimum Gasteiger partial charge on any atom is -0.496 e. The average molecular weight is 453 g/mol. The molecule has 166 valence electrons. The molecule has 3 heterocycles. The van der Waals surface area contributed by atoms with E-state index in [9.17, 15) is 9.18 Å². The third-order valence-corrected chi connectivity index (χ3v) is 5.72. The number of nitrogens with zero attached hydrogens (tertiary/aromatic N) is 4. The summed E-state index contributed by atoms with van der Waals surface area (Å²) in [5.74, 6) is 0.352. The molecule has 0 fully saturated rings. The smallest absolute Gasteiger partial charge is 0.334 e. The van der Waals surface area contributed by atoms with Gasteiger partial charge in [-0.1, -0.05) is 19.9 Å². The predicted octanol–water partition coefficient (Wildman–Crippen LogP) is 4.23. The number of aromatic nitrogens is 4. The first-order valence-corrected chi connectivity index (χ1v) is 11.7. The van der Waals surface area contributed by atoms with Crippen LogP contribution in [-0.2, 0) is 7.05 Å². The van der Waals surface area contributed by atoms with Gasteiger partial charge in [-0.05, 0) is 39.5 Å². The van der Waals surface area contributed by atoms with Crippen molar-refractivity contribution in [2.24, 2.45) is 13.0 Å². The lowest BCUT2D eigenvalue weighted by molar-refractivity contribution is 0.414. The lowest BCUT2D eigenvalue weighted by Crippen LogP contribution is -2.22. The van der Waals surface area contributed by atoms with Crippen LogP contribution in [0.1, 0.15) is 19.4 Å². The van der Waals surface area contributed by atoms with Gasteiger partial charge in [0.25, 0.3) is 0 Å². The zero-order valence-corrected chi connectivity index (χ0v) is 19.6. The predicted molar refractivity (Wildman–Crippen MR) is 128 cm³/mol. The lowest BCUT2D eigenvalue weighted by atomic mass is 10.0. The Kier molecular flexibility index (Phi) is 5.98. The number of fused-ring (bicyclic) bond motifs is 3. The Morgan fingerprint density at radius 3 is 2.75 bits per heavy atom. The molecule has 0 aliphatic rings. The summed E-state index contributed by atoms with van der Waals surface area (Å²) in [5, 5.41) is 4.14. The minimum absolute atomic E-state index is 0.0425. The summed E-state index contributed by atoms with van der Waals surface area (Å²) in [6.07, 6.45) is 5.22. The first kappa shape index (κ1) is 22.0. The number of benzene rings is 1. The Balaban J connectivity index is 2.15. The van der Waals surface area contributed by atoms with Crippen molar-refractivity contribution in [3.8, 4) is 11.6 Å². The maximum atomic E-state index is 14.7. The van der Waals surface area contributed by atoms with E-state index in [1.807, 2.05) is 12.1 Å². The van der Waals surface area contributed by atoms with Gasteiger partial charge in [0.2, 0.25) is 0 Å². The van der Waals surface area contributed by atoms with Gasteiger partial charge in [0, 0.05) is 36.0 Å². The van der Waals surface area contributed by atoms with Crippen LogP contribution in [0.4, 0.5) is 4.39 Å². The molecule has 1 unspecified atom stereocenters. The second kappa shape index (κ2) is 8.71. The number of pyridine rings is 2. The highest BCUT2D eigenvalue weighted by molar-refractivity contribution is 7.35. The van der Waals surface area contributed by atoms with Crippen molar-refractivity contribution in [2.75, 3.05) is 13.8 Å². The number of nitrogens with one attached hydrogen (secondary N) is 1. The Hall–Kier alpha value is -3.25. The summed E-state index contributed by atoms with van der Waals surface area (Å²) >= 11 is 0. The van der Waals surface area contributed by atoms with Crippen LogP contribution in [0.25, 0.3) is 33.5 Å². The number of allylic oxidation sites excluding steroid dienone is 1. The second-order valence-corrected chi connectivity index (χ2v) is 8.50. The number of aryl methyl sites for hydroxylation is 1. The number of halogens is 1. The number of rotatable bonds is 6. The molecule has 0 saturated heterocycles. The fourth-order valence-corrected chi connectivity index (χ4v) is 4.30. The molecule has 1 N–H and O–H groups in total. The standard InChI is InChI=1S/C23H25FN5O2P/c1-13(2)9-18(27-32-5)14-10-15-17(11-20(14)31-4)26-12-19-21(15)29(23(30)28(19)3)22-16(24)7-6-8-25-22/h6-13,27,32H,1-5H3/b18-9-. The highest BCUT2D eigenvalue weighted by Gasteiger charge is 2.21. The van der Waals surface area contributed by atoms with Crippen LogP contribution < -0.4 is 15.5 Å². The van der Waals surface area contributed by atoms with E-state index in [-0.39, 0.29) is 5.82 Å². The van der Waals surface area contributed by atoms with Crippen molar-refractivity contribution in [3.05, 3.63) is 64.6 Å². The van der Waals surface area contributed by atoms with Crippen molar-refractivity contribution in [1.29, 1.82) is 0 Å². The van der Waals surface area contributed by atoms with E-state index < -0.39 is 11.5 Å². The molecule has 0 aliphatic carbocycles. The van der Waals surface area contributed by atoms with Crippen molar-refractivity contribution >= 4 is 36.4 Å². The van der Waals surface area contributed by atoms with E-state index in [1.54, 1.807) is 20.4 Å². The van der Waals surface area contributed by atoms with Crippen LogP contribution in [0.15, 0.2) is 47.5 Å². The monoisotopic (exact) mass is 453 g/mol. The van der Waals surface area contributed by atoms with Crippen LogP contribution in [0.2, 0.25) is 0 Å². The van der Waals surface area contributed by atoms with Crippen LogP contribution in [-0.4, -0.2) is 32.9 Å². The SMILES string of the molecule is COc1cc2ncc3c(c2cc1/C(=C/C(C)C)NPC)n(-c1ncccc1F)c(=O)n3C. The van der Waals surface area contributed by atoms with Gasteiger partial charge >= 0.3 is 5.69 Å². The highest BCUT2D eigenvalue weighted by atomic mass is 31.1. The lowest BCUT2D eigenvalue weighted by Gasteiger charge is -2.16. The fourth-order valence-electron chi connectivity index (χ4n) is 3.81. The fraction of sp³-hybridized carbons (Fsp3) is 0.261. The third-order valence-electron chi connectivity index (χ3n) is 5.21. The van der Waals surface area contributed by atoms with Gasteiger partial charge < -0.3 is 9.82 Å². The van der Waals surface area contributed by atoms with E-state index in [4.69, 9.17) is 4.74 Å². The van der Waals surface area contributed by atoms with Gasteiger partial charge in [0.1, 0.15) is 5.75 Å². The topological polar surface area (TPSA) is 74.0 Å². The Morgan fingerprint density at radius 2 is 2.09 bits per heavy atom. The van der Waals surface area contributed by atoms with Gasteiger partial charge in [-0.3, -0.25) is 9.55 Å². The molecule has 4 rings (SSSR count). The second-order valence-electron chi connectivity index (χ2n) is 7.75. The average Bonchev–Trinajstić information content (AvgIpc) is 3.03. The molecule has 7 nitrogen and oxygen atoms in total. The minimum atomic E-state index is -0.574. The van der Waals surface area contributed by atoms with Gasteiger partial charge in [0.15, 0.2) is 11.6 Å². The van der Waals surface area contributed by atoms with Crippen LogP contribution in [0, 0.1) is 11.7 Å². The van der Waals surface area contributed by atoms with Gasteiger partial charge in [-0.25, -0.2) is 18.7 Å². The summed E-state index contributed by atoms with van der Waals surface area (Å²) < 4.78 is 23.1. The number of hydrogen-bond donors (Lipinski definition) is 1. The maximum Gasteiger partial charge on any atom is 0.334 e. The molecule has 1 aromatic carbocycles. The quantitative estimate of drug-likeness (QED) is 0.443. The van der Waals surface area contributed by atoms with Crippen LogP contribution in [0.3, 0.4) is 0 Å².